The molecule has 7 heteroatoms. The molecule has 1 aliphatic heterocycles. The minimum Gasteiger partial charge on any atom is -0.445 e. The van der Waals surface area contributed by atoms with E-state index in [1.54, 1.807) is 0 Å². The molecule has 130 valence electrons. The highest BCUT2D eigenvalue weighted by molar-refractivity contribution is 5.98. The number of carbonyl (C=O) groups excluding carboxylic acids is 3. The molecule has 0 radical (unpaired) electrons. The van der Waals surface area contributed by atoms with Crippen molar-refractivity contribution in [2.75, 3.05) is 19.6 Å². The molecule has 2 rings (SSSR count). The number of benzene rings is 1. The number of likely N-dealkylation sites (tertiary alicyclic amines) is 1. The van der Waals surface area contributed by atoms with Gasteiger partial charge in [0.25, 0.3) is 5.91 Å². The first kappa shape index (κ1) is 17.9. The van der Waals surface area contributed by atoms with Crippen molar-refractivity contribution in [1.82, 2.24) is 9.80 Å². The SMILES string of the molecule is CC(=O)N(CCN)C(=O)C1CCCN1C(=O)OCc1ccccc1. The Labute approximate surface area is 141 Å². The van der Waals surface area contributed by atoms with Gasteiger partial charge in [-0.3, -0.25) is 19.4 Å². The average molecular weight is 333 g/mol. The van der Waals surface area contributed by atoms with Crippen LogP contribution in [0.3, 0.4) is 0 Å². The average Bonchev–Trinajstić information content (AvgIpc) is 3.07. The molecule has 7 nitrogen and oxygen atoms in total. The molecule has 1 unspecified atom stereocenters. The zero-order valence-electron chi connectivity index (χ0n) is 13.8. The summed E-state index contributed by atoms with van der Waals surface area (Å²) in [5.74, 6) is -0.753. The molecule has 1 heterocycles. The van der Waals surface area contributed by atoms with Crippen LogP contribution in [0.4, 0.5) is 4.79 Å². The summed E-state index contributed by atoms with van der Waals surface area (Å²) in [6, 6.07) is 8.67. The smallest absolute Gasteiger partial charge is 0.410 e. The van der Waals surface area contributed by atoms with E-state index in [0.717, 1.165) is 10.5 Å². The van der Waals surface area contributed by atoms with E-state index in [1.807, 2.05) is 30.3 Å². The second-order valence-corrected chi connectivity index (χ2v) is 5.69. The Morgan fingerprint density at radius 1 is 1.29 bits per heavy atom. The number of carbonyl (C=O) groups is 3. The van der Waals surface area contributed by atoms with Gasteiger partial charge in [0, 0.05) is 26.6 Å². The molecule has 1 fully saturated rings. The van der Waals surface area contributed by atoms with Gasteiger partial charge in [-0.25, -0.2) is 4.79 Å². The second kappa shape index (κ2) is 8.44. The molecular weight excluding hydrogens is 310 g/mol. The standard InChI is InChI=1S/C17H23N3O4/c1-13(21)19(11-9-18)16(22)15-8-5-10-20(15)17(23)24-12-14-6-3-2-4-7-14/h2-4,6-7,15H,5,8-12,18H2,1H3. The van der Waals surface area contributed by atoms with Crippen LogP contribution in [-0.4, -0.2) is 53.4 Å². The van der Waals surface area contributed by atoms with Crippen LogP contribution >= 0.6 is 0 Å². The fourth-order valence-corrected chi connectivity index (χ4v) is 2.78. The minimum atomic E-state index is -0.663. The van der Waals surface area contributed by atoms with Gasteiger partial charge in [0.05, 0.1) is 0 Å². The van der Waals surface area contributed by atoms with Gasteiger partial charge in [0.15, 0.2) is 0 Å². The number of hydrogen-bond donors (Lipinski definition) is 1. The van der Waals surface area contributed by atoms with Gasteiger partial charge in [-0.05, 0) is 18.4 Å². The lowest BCUT2D eigenvalue weighted by Crippen LogP contribution is -2.50. The maximum absolute atomic E-state index is 12.6. The van der Waals surface area contributed by atoms with Crippen LogP contribution < -0.4 is 5.73 Å². The first-order valence-corrected chi connectivity index (χ1v) is 8.04. The predicted octanol–water partition coefficient (Wildman–Crippen LogP) is 1.12. The summed E-state index contributed by atoms with van der Waals surface area (Å²) in [4.78, 5) is 39.0. The van der Waals surface area contributed by atoms with Crippen molar-refractivity contribution < 1.29 is 19.1 Å². The summed E-state index contributed by atoms with van der Waals surface area (Å²) in [6.45, 7) is 2.25. The molecule has 2 N–H and O–H groups in total. The first-order chi connectivity index (χ1) is 11.5. The van der Waals surface area contributed by atoms with Crippen molar-refractivity contribution in [3.63, 3.8) is 0 Å². The number of amides is 3. The van der Waals surface area contributed by atoms with Crippen LogP contribution in [0.15, 0.2) is 30.3 Å². The fourth-order valence-electron chi connectivity index (χ4n) is 2.78. The van der Waals surface area contributed by atoms with Crippen LogP contribution in [0.25, 0.3) is 0 Å². The highest BCUT2D eigenvalue weighted by atomic mass is 16.6. The number of nitrogens with two attached hydrogens (primary N) is 1. The van der Waals surface area contributed by atoms with Gasteiger partial charge in [-0.2, -0.15) is 0 Å². The summed E-state index contributed by atoms with van der Waals surface area (Å²) >= 11 is 0. The van der Waals surface area contributed by atoms with Gasteiger partial charge in [0.1, 0.15) is 12.6 Å². The Hall–Kier alpha value is -2.41. The maximum Gasteiger partial charge on any atom is 0.410 e. The van der Waals surface area contributed by atoms with Crippen molar-refractivity contribution in [2.24, 2.45) is 5.73 Å². The number of hydrogen-bond acceptors (Lipinski definition) is 5. The van der Waals surface area contributed by atoms with Gasteiger partial charge < -0.3 is 10.5 Å². The summed E-state index contributed by atoms with van der Waals surface area (Å²) in [5.41, 5.74) is 6.34. The lowest BCUT2D eigenvalue weighted by atomic mass is 10.2. The Morgan fingerprint density at radius 2 is 2.00 bits per heavy atom. The lowest BCUT2D eigenvalue weighted by Gasteiger charge is -2.27. The van der Waals surface area contributed by atoms with Crippen molar-refractivity contribution in [3.8, 4) is 0 Å². The molecule has 0 spiro atoms. The topological polar surface area (TPSA) is 92.9 Å². The zero-order valence-corrected chi connectivity index (χ0v) is 13.8. The molecular formula is C17H23N3O4. The van der Waals surface area contributed by atoms with Gasteiger partial charge in [-0.1, -0.05) is 30.3 Å². The molecule has 0 aliphatic carbocycles. The summed E-state index contributed by atoms with van der Waals surface area (Å²) in [5, 5.41) is 0. The normalized spacial score (nSPS) is 16.8. The van der Waals surface area contributed by atoms with Crippen LogP contribution in [0, 0.1) is 0 Å². The first-order valence-electron chi connectivity index (χ1n) is 8.04. The highest BCUT2D eigenvalue weighted by Crippen LogP contribution is 2.21. The lowest BCUT2D eigenvalue weighted by molar-refractivity contribution is -0.146. The van der Waals surface area contributed by atoms with Crippen LogP contribution in [0.2, 0.25) is 0 Å². The third-order valence-electron chi connectivity index (χ3n) is 3.98. The third-order valence-corrected chi connectivity index (χ3v) is 3.98. The monoisotopic (exact) mass is 333 g/mol. The number of rotatable bonds is 5. The number of imide groups is 1. The molecule has 1 aliphatic rings. The quantitative estimate of drug-likeness (QED) is 0.871. The molecule has 1 atom stereocenters. The Bertz CT molecular complexity index is 591. The molecule has 24 heavy (non-hydrogen) atoms. The van der Waals surface area contributed by atoms with Crippen LogP contribution in [0.5, 0.6) is 0 Å². The van der Waals surface area contributed by atoms with E-state index in [1.165, 1.54) is 11.8 Å². The van der Waals surface area contributed by atoms with Gasteiger partial charge in [-0.15, -0.1) is 0 Å². The van der Waals surface area contributed by atoms with E-state index in [9.17, 15) is 14.4 Å². The van der Waals surface area contributed by atoms with E-state index in [4.69, 9.17) is 10.5 Å². The summed E-state index contributed by atoms with van der Waals surface area (Å²) < 4.78 is 5.30. The van der Waals surface area contributed by atoms with E-state index < -0.39 is 12.1 Å². The maximum atomic E-state index is 12.6. The van der Waals surface area contributed by atoms with Crippen LogP contribution in [0.1, 0.15) is 25.3 Å². The van der Waals surface area contributed by atoms with Crippen molar-refractivity contribution in [2.45, 2.75) is 32.4 Å². The van der Waals surface area contributed by atoms with Crippen molar-refractivity contribution in [3.05, 3.63) is 35.9 Å². The number of ether oxygens (including phenoxy) is 1. The Kier molecular flexibility index (Phi) is 6.31. The molecule has 1 aromatic carbocycles. The largest absolute Gasteiger partial charge is 0.445 e. The predicted molar refractivity (Wildman–Crippen MR) is 87.8 cm³/mol. The molecule has 0 saturated carbocycles. The van der Waals surface area contributed by atoms with Gasteiger partial charge in [0.2, 0.25) is 5.91 Å². The molecule has 3 amide bonds. The molecule has 0 bridgehead atoms. The molecule has 1 aromatic rings. The minimum absolute atomic E-state index is 0.149. The fraction of sp³-hybridized carbons (Fsp3) is 0.471. The Morgan fingerprint density at radius 3 is 2.62 bits per heavy atom. The Balaban J connectivity index is 1.99. The number of nitrogens with zero attached hydrogens (tertiary/aromatic N) is 2. The van der Waals surface area contributed by atoms with Gasteiger partial charge >= 0.3 is 6.09 Å². The summed E-state index contributed by atoms with van der Waals surface area (Å²) in [7, 11) is 0. The van der Waals surface area contributed by atoms with E-state index in [0.29, 0.717) is 19.4 Å². The third kappa shape index (κ3) is 4.32. The van der Waals surface area contributed by atoms with Crippen molar-refractivity contribution >= 4 is 17.9 Å². The zero-order chi connectivity index (χ0) is 17.5. The van der Waals surface area contributed by atoms with E-state index in [-0.39, 0.29) is 31.5 Å². The summed E-state index contributed by atoms with van der Waals surface area (Å²) in [6.07, 6.45) is 0.685. The van der Waals surface area contributed by atoms with E-state index >= 15 is 0 Å². The van der Waals surface area contributed by atoms with Crippen molar-refractivity contribution in [1.29, 1.82) is 0 Å². The van der Waals surface area contributed by atoms with Crippen LogP contribution in [-0.2, 0) is 20.9 Å². The van der Waals surface area contributed by atoms with E-state index in [2.05, 4.69) is 0 Å². The molecule has 0 aromatic heterocycles. The highest BCUT2D eigenvalue weighted by Gasteiger charge is 2.38. The second-order valence-electron chi connectivity index (χ2n) is 5.69. The molecule has 1 saturated heterocycles.